The van der Waals surface area contributed by atoms with E-state index in [9.17, 15) is 4.39 Å². The summed E-state index contributed by atoms with van der Waals surface area (Å²) in [6, 6.07) is 8.59. The second-order valence-corrected chi connectivity index (χ2v) is 3.39. The van der Waals surface area contributed by atoms with Gasteiger partial charge in [-0.25, -0.2) is 4.98 Å². The second-order valence-electron chi connectivity index (χ2n) is 2.47. The molecule has 12 heavy (non-hydrogen) atoms. The minimum atomic E-state index is -0.440. The number of halogens is 2. The largest absolute Gasteiger partial charge is 0.220 e. The van der Waals surface area contributed by atoms with E-state index >= 15 is 0 Å². The minimum Gasteiger partial charge on any atom is -0.220 e. The van der Waals surface area contributed by atoms with Gasteiger partial charge < -0.3 is 0 Å². The molecule has 0 radical (unpaired) electrons. The van der Waals surface area contributed by atoms with E-state index in [0.29, 0.717) is 5.52 Å². The van der Waals surface area contributed by atoms with Gasteiger partial charge in [0.1, 0.15) is 0 Å². The van der Waals surface area contributed by atoms with Crippen LogP contribution < -0.4 is 0 Å². The Hall–Kier alpha value is -0.960. The van der Waals surface area contributed by atoms with Crippen molar-refractivity contribution in [3.8, 4) is 0 Å². The van der Waals surface area contributed by atoms with Gasteiger partial charge in [0.15, 0.2) is 0 Å². The molecule has 2 rings (SSSR count). The van der Waals surface area contributed by atoms with Crippen LogP contribution in [0.1, 0.15) is 0 Å². The summed E-state index contributed by atoms with van der Waals surface area (Å²) in [7, 11) is 0. The van der Waals surface area contributed by atoms with Crippen molar-refractivity contribution >= 4 is 26.8 Å². The average Bonchev–Trinajstić information content (AvgIpc) is 2.05. The van der Waals surface area contributed by atoms with Gasteiger partial charge in [0.2, 0.25) is 5.95 Å². The van der Waals surface area contributed by atoms with Crippen LogP contribution >= 0.6 is 15.9 Å². The van der Waals surface area contributed by atoms with Crippen LogP contribution in [0.5, 0.6) is 0 Å². The van der Waals surface area contributed by atoms with E-state index in [4.69, 9.17) is 0 Å². The van der Waals surface area contributed by atoms with Gasteiger partial charge in [-0.05, 0) is 30.3 Å². The number of fused-ring (bicyclic) bond motifs is 1. The van der Waals surface area contributed by atoms with Gasteiger partial charge in [-0.2, -0.15) is 4.39 Å². The summed E-state index contributed by atoms with van der Waals surface area (Å²) in [5.41, 5.74) is 0.679. The molecule has 60 valence electrons. The second kappa shape index (κ2) is 2.83. The zero-order valence-corrected chi connectivity index (χ0v) is 7.68. The highest BCUT2D eigenvalue weighted by atomic mass is 79.9. The Bertz CT molecular complexity index is 387. The Morgan fingerprint density at radius 1 is 1.17 bits per heavy atom. The van der Waals surface area contributed by atoms with Crippen LogP contribution in [0.3, 0.4) is 0 Å². The predicted octanol–water partition coefficient (Wildman–Crippen LogP) is 3.14. The molecule has 0 N–H and O–H groups in total. The minimum absolute atomic E-state index is 0.440. The van der Waals surface area contributed by atoms with E-state index in [2.05, 4.69) is 20.9 Å². The lowest BCUT2D eigenvalue weighted by molar-refractivity contribution is 0.589. The third kappa shape index (κ3) is 1.32. The van der Waals surface area contributed by atoms with Gasteiger partial charge in [0, 0.05) is 9.86 Å². The van der Waals surface area contributed by atoms with E-state index in [0.717, 1.165) is 9.86 Å². The van der Waals surface area contributed by atoms with Gasteiger partial charge in [-0.1, -0.05) is 15.9 Å². The summed E-state index contributed by atoms with van der Waals surface area (Å²) >= 11 is 3.33. The van der Waals surface area contributed by atoms with Crippen LogP contribution in [-0.2, 0) is 0 Å². The van der Waals surface area contributed by atoms with Gasteiger partial charge >= 0.3 is 0 Å². The summed E-state index contributed by atoms with van der Waals surface area (Å²) in [4.78, 5) is 3.73. The molecule has 1 aromatic carbocycles. The van der Waals surface area contributed by atoms with E-state index in [1.807, 2.05) is 12.1 Å². The van der Waals surface area contributed by atoms with Crippen molar-refractivity contribution in [2.75, 3.05) is 0 Å². The lowest BCUT2D eigenvalue weighted by Gasteiger charge is -1.96. The lowest BCUT2D eigenvalue weighted by Crippen LogP contribution is -1.82. The fourth-order valence-electron chi connectivity index (χ4n) is 1.07. The van der Waals surface area contributed by atoms with Crippen molar-refractivity contribution in [1.29, 1.82) is 0 Å². The van der Waals surface area contributed by atoms with Gasteiger partial charge in [0.05, 0.1) is 5.52 Å². The fourth-order valence-corrected chi connectivity index (χ4v) is 1.45. The summed E-state index contributed by atoms with van der Waals surface area (Å²) < 4.78 is 13.6. The number of rotatable bonds is 0. The highest BCUT2D eigenvalue weighted by Gasteiger charge is 1.96. The maximum absolute atomic E-state index is 12.6. The molecular weight excluding hydrogens is 221 g/mol. The maximum Gasteiger partial charge on any atom is 0.213 e. The third-order valence-corrected chi connectivity index (χ3v) is 2.11. The zero-order valence-electron chi connectivity index (χ0n) is 6.09. The van der Waals surface area contributed by atoms with Crippen LogP contribution in [0.15, 0.2) is 34.8 Å². The number of nitrogens with zero attached hydrogens (tertiary/aromatic N) is 1. The smallest absolute Gasteiger partial charge is 0.213 e. The van der Waals surface area contributed by atoms with Crippen LogP contribution in [0.25, 0.3) is 10.9 Å². The molecule has 0 aliphatic heterocycles. The van der Waals surface area contributed by atoms with Crippen LogP contribution in [-0.4, -0.2) is 4.98 Å². The number of pyridine rings is 1. The number of aromatic nitrogens is 1. The monoisotopic (exact) mass is 225 g/mol. The summed E-state index contributed by atoms with van der Waals surface area (Å²) in [5, 5.41) is 0.936. The average molecular weight is 226 g/mol. The summed E-state index contributed by atoms with van der Waals surface area (Å²) in [6.07, 6.45) is 0. The Morgan fingerprint density at radius 2 is 2.00 bits per heavy atom. The van der Waals surface area contributed by atoms with Crippen molar-refractivity contribution in [3.05, 3.63) is 40.8 Å². The Balaban J connectivity index is 2.79. The van der Waals surface area contributed by atoms with E-state index in [1.165, 1.54) is 6.07 Å². The molecule has 0 spiro atoms. The highest BCUT2D eigenvalue weighted by molar-refractivity contribution is 9.10. The standard InChI is InChI=1S/C9H5BrFN/c10-7-2-3-8-6(5-7)1-4-9(11)12-8/h1-5H. The number of hydrogen-bond donors (Lipinski definition) is 0. The quantitative estimate of drug-likeness (QED) is 0.629. The van der Waals surface area contributed by atoms with Gasteiger partial charge in [-0.15, -0.1) is 0 Å². The molecule has 1 nitrogen and oxygen atoms in total. The first kappa shape index (κ1) is 7.68. The first-order chi connectivity index (χ1) is 5.75. The topological polar surface area (TPSA) is 12.9 Å². The van der Waals surface area contributed by atoms with Gasteiger partial charge in [0.25, 0.3) is 0 Å². The summed E-state index contributed by atoms with van der Waals surface area (Å²) in [5.74, 6) is -0.440. The normalized spacial score (nSPS) is 10.5. The van der Waals surface area contributed by atoms with Crippen molar-refractivity contribution in [3.63, 3.8) is 0 Å². The Kier molecular flexibility index (Phi) is 1.81. The van der Waals surface area contributed by atoms with Crippen molar-refractivity contribution in [2.24, 2.45) is 0 Å². The Labute approximate surface area is 77.4 Å². The molecule has 1 aromatic heterocycles. The molecule has 0 aliphatic carbocycles. The first-order valence-corrected chi connectivity index (χ1v) is 4.27. The molecule has 0 saturated heterocycles. The zero-order chi connectivity index (χ0) is 8.55. The van der Waals surface area contributed by atoms with Crippen molar-refractivity contribution in [2.45, 2.75) is 0 Å². The fraction of sp³-hybridized carbons (Fsp3) is 0. The molecule has 3 heteroatoms. The highest BCUT2D eigenvalue weighted by Crippen LogP contribution is 2.17. The predicted molar refractivity (Wildman–Crippen MR) is 49.4 cm³/mol. The third-order valence-electron chi connectivity index (χ3n) is 1.62. The molecule has 0 bridgehead atoms. The first-order valence-electron chi connectivity index (χ1n) is 3.47. The molecule has 0 atom stereocenters. The molecule has 0 saturated carbocycles. The number of benzene rings is 1. The number of hydrogen-bond acceptors (Lipinski definition) is 1. The maximum atomic E-state index is 12.6. The molecule has 0 unspecified atom stereocenters. The Morgan fingerprint density at radius 3 is 2.83 bits per heavy atom. The van der Waals surface area contributed by atoms with Crippen LogP contribution in [0.4, 0.5) is 4.39 Å². The van der Waals surface area contributed by atoms with Crippen LogP contribution in [0.2, 0.25) is 0 Å². The SMILES string of the molecule is Fc1ccc2cc(Br)ccc2n1. The summed E-state index contributed by atoms with van der Waals surface area (Å²) in [6.45, 7) is 0. The van der Waals surface area contributed by atoms with E-state index in [-0.39, 0.29) is 0 Å². The van der Waals surface area contributed by atoms with E-state index in [1.54, 1.807) is 12.1 Å². The van der Waals surface area contributed by atoms with E-state index < -0.39 is 5.95 Å². The molecule has 2 aromatic rings. The van der Waals surface area contributed by atoms with Crippen LogP contribution in [0, 0.1) is 5.95 Å². The molecule has 0 fully saturated rings. The lowest BCUT2D eigenvalue weighted by atomic mass is 10.2. The molecule has 1 heterocycles. The molecular formula is C9H5BrFN. The van der Waals surface area contributed by atoms with Crippen molar-refractivity contribution < 1.29 is 4.39 Å². The molecule has 0 amide bonds. The van der Waals surface area contributed by atoms with Crippen molar-refractivity contribution in [1.82, 2.24) is 4.98 Å². The van der Waals surface area contributed by atoms with Gasteiger partial charge in [-0.3, -0.25) is 0 Å². The molecule has 0 aliphatic rings.